The van der Waals surface area contributed by atoms with Gasteiger partial charge in [-0.25, -0.2) is 9.78 Å². The van der Waals surface area contributed by atoms with Gasteiger partial charge in [-0.15, -0.1) is 0 Å². The van der Waals surface area contributed by atoms with Crippen LogP contribution in [0.2, 0.25) is 0 Å². The van der Waals surface area contributed by atoms with Crippen molar-refractivity contribution in [3.63, 3.8) is 0 Å². The number of carbonyl (C=O) groups excluding carboxylic acids is 2. The lowest BCUT2D eigenvalue weighted by Gasteiger charge is -2.29. The van der Waals surface area contributed by atoms with Crippen LogP contribution in [-0.4, -0.2) is 27.9 Å². The lowest BCUT2D eigenvalue weighted by Crippen LogP contribution is -2.35. The van der Waals surface area contributed by atoms with Crippen molar-refractivity contribution in [2.75, 3.05) is 10.6 Å². The van der Waals surface area contributed by atoms with E-state index >= 15 is 0 Å². The van der Waals surface area contributed by atoms with Crippen LogP contribution in [0.3, 0.4) is 0 Å². The van der Waals surface area contributed by atoms with Crippen molar-refractivity contribution in [2.45, 2.75) is 70.3 Å². The van der Waals surface area contributed by atoms with Crippen LogP contribution in [0, 0.1) is 17.8 Å². The van der Waals surface area contributed by atoms with Crippen LogP contribution in [0.25, 0.3) is 0 Å². The van der Waals surface area contributed by atoms with E-state index in [1.807, 2.05) is 0 Å². The van der Waals surface area contributed by atoms with Crippen molar-refractivity contribution in [1.29, 1.82) is 0 Å². The van der Waals surface area contributed by atoms with Crippen LogP contribution in [-0.2, 0) is 0 Å². The number of hydrogen-bond donors (Lipinski definition) is 3. The SMILES string of the molecule is O=C(Nc1ccnc(F)c1)Nc1ccnc(C(=O)NC2CCCC(C3CCCCC3)CC2)c1. The van der Waals surface area contributed by atoms with E-state index < -0.39 is 12.0 Å². The fraction of sp³-hybridized carbons (Fsp3) is 0.520. The topological polar surface area (TPSA) is 96.0 Å². The molecule has 2 aromatic rings. The summed E-state index contributed by atoms with van der Waals surface area (Å²) in [5.74, 6) is 0.758. The highest BCUT2D eigenvalue weighted by atomic mass is 19.1. The number of nitrogens with zero attached hydrogens (tertiary/aromatic N) is 2. The van der Waals surface area contributed by atoms with Gasteiger partial charge in [0.1, 0.15) is 5.69 Å². The Balaban J connectivity index is 1.29. The minimum absolute atomic E-state index is 0.161. The summed E-state index contributed by atoms with van der Waals surface area (Å²) in [5, 5.41) is 8.33. The van der Waals surface area contributed by atoms with Gasteiger partial charge >= 0.3 is 6.03 Å². The second kappa shape index (κ2) is 11.2. The van der Waals surface area contributed by atoms with E-state index in [1.54, 1.807) is 12.1 Å². The molecule has 4 rings (SSSR count). The number of pyridine rings is 2. The van der Waals surface area contributed by atoms with E-state index in [2.05, 4.69) is 25.9 Å². The molecule has 7 nitrogen and oxygen atoms in total. The summed E-state index contributed by atoms with van der Waals surface area (Å²) in [4.78, 5) is 32.7. The van der Waals surface area contributed by atoms with Crippen LogP contribution >= 0.6 is 0 Å². The second-order valence-electron chi connectivity index (χ2n) is 9.21. The average molecular weight is 454 g/mol. The first kappa shape index (κ1) is 23.1. The number of amides is 3. The third-order valence-corrected chi connectivity index (χ3v) is 6.90. The molecule has 3 N–H and O–H groups in total. The molecule has 8 heteroatoms. The zero-order chi connectivity index (χ0) is 23.0. The minimum atomic E-state index is -0.681. The Kier molecular flexibility index (Phi) is 7.86. The highest BCUT2D eigenvalue weighted by Crippen LogP contribution is 2.37. The van der Waals surface area contributed by atoms with E-state index in [0.29, 0.717) is 5.69 Å². The van der Waals surface area contributed by atoms with Gasteiger partial charge in [-0.1, -0.05) is 44.9 Å². The van der Waals surface area contributed by atoms with Gasteiger partial charge in [0.25, 0.3) is 5.91 Å². The molecule has 2 aliphatic rings. The van der Waals surface area contributed by atoms with E-state index in [4.69, 9.17) is 0 Å². The van der Waals surface area contributed by atoms with E-state index in [9.17, 15) is 14.0 Å². The molecule has 176 valence electrons. The number of anilines is 2. The Morgan fingerprint density at radius 1 is 0.788 bits per heavy atom. The molecule has 0 aromatic carbocycles. The Hall–Kier alpha value is -3.03. The molecule has 3 amide bonds. The summed E-state index contributed by atoms with van der Waals surface area (Å²) < 4.78 is 13.2. The zero-order valence-corrected chi connectivity index (χ0v) is 18.9. The molecule has 2 saturated carbocycles. The van der Waals surface area contributed by atoms with Crippen molar-refractivity contribution in [3.8, 4) is 0 Å². The van der Waals surface area contributed by atoms with Gasteiger partial charge in [0, 0.05) is 35.9 Å². The number of rotatable bonds is 5. The molecule has 2 atom stereocenters. The first-order chi connectivity index (χ1) is 16.1. The number of carbonyl (C=O) groups is 2. The number of halogens is 1. The summed E-state index contributed by atoms with van der Waals surface area (Å²) in [6.45, 7) is 0. The lowest BCUT2D eigenvalue weighted by atomic mass is 9.77. The maximum Gasteiger partial charge on any atom is 0.323 e. The van der Waals surface area contributed by atoms with E-state index in [0.717, 1.165) is 37.2 Å². The summed E-state index contributed by atoms with van der Waals surface area (Å²) in [5.41, 5.74) is 0.975. The monoisotopic (exact) mass is 453 g/mol. The van der Waals surface area contributed by atoms with Gasteiger partial charge < -0.3 is 16.0 Å². The van der Waals surface area contributed by atoms with Crippen LogP contribution in [0.1, 0.15) is 74.7 Å². The largest absolute Gasteiger partial charge is 0.348 e. The number of urea groups is 1. The molecule has 2 aliphatic carbocycles. The summed E-state index contributed by atoms with van der Waals surface area (Å²) in [6.07, 6.45) is 15.2. The Morgan fingerprint density at radius 3 is 2.21 bits per heavy atom. The third-order valence-electron chi connectivity index (χ3n) is 6.90. The molecule has 0 bridgehead atoms. The Bertz CT molecular complexity index is 963. The first-order valence-electron chi connectivity index (χ1n) is 12.0. The van der Waals surface area contributed by atoms with Gasteiger partial charge in [0.15, 0.2) is 0 Å². The first-order valence-corrected chi connectivity index (χ1v) is 12.0. The summed E-state index contributed by atoms with van der Waals surface area (Å²) >= 11 is 0. The molecule has 0 radical (unpaired) electrons. The minimum Gasteiger partial charge on any atom is -0.348 e. The fourth-order valence-electron chi connectivity index (χ4n) is 5.22. The molecule has 33 heavy (non-hydrogen) atoms. The molecular weight excluding hydrogens is 421 g/mol. The third kappa shape index (κ3) is 6.73. The summed E-state index contributed by atoms with van der Waals surface area (Å²) in [6, 6.07) is 5.37. The molecule has 0 aliphatic heterocycles. The highest BCUT2D eigenvalue weighted by molar-refractivity contribution is 6.00. The van der Waals surface area contributed by atoms with Crippen molar-refractivity contribution >= 4 is 23.3 Å². The molecule has 0 saturated heterocycles. The fourth-order valence-corrected chi connectivity index (χ4v) is 5.22. The summed E-state index contributed by atoms with van der Waals surface area (Å²) in [7, 11) is 0. The Morgan fingerprint density at radius 2 is 1.45 bits per heavy atom. The highest BCUT2D eigenvalue weighted by Gasteiger charge is 2.27. The van der Waals surface area contributed by atoms with Crippen molar-refractivity contribution in [1.82, 2.24) is 15.3 Å². The average Bonchev–Trinajstić information content (AvgIpc) is 3.05. The standard InChI is InChI=1S/C25H32FN5O2/c26-23-16-21(12-14-28-23)31-25(33)30-20-11-13-27-22(15-20)24(32)29-19-8-4-7-18(9-10-19)17-5-2-1-3-6-17/h11-19H,1-10H2,(H,29,32)(H2,27,28,30,31,33). The maximum atomic E-state index is 13.2. The van der Waals surface area contributed by atoms with Crippen LogP contribution in [0.15, 0.2) is 36.7 Å². The van der Waals surface area contributed by atoms with Gasteiger partial charge in [-0.2, -0.15) is 4.39 Å². The van der Waals surface area contributed by atoms with Crippen LogP contribution < -0.4 is 16.0 Å². The van der Waals surface area contributed by atoms with Crippen molar-refractivity contribution in [2.24, 2.45) is 11.8 Å². The number of aromatic nitrogens is 2. The van der Waals surface area contributed by atoms with Crippen molar-refractivity contribution < 1.29 is 14.0 Å². The molecule has 2 aromatic heterocycles. The molecule has 2 fully saturated rings. The number of nitrogens with one attached hydrogen (secondary N) is 3. The van der Waals surface area contributed by atoms with Gasteiger partial charge in [0.05, 0.1) is 0 Å². The smallest absolute Gasteiger partial charge is 0.323 e. The van der Waals surface area contributed by atoms with Crippen LogP contribution in [0.5, 0.6) is 0 Å². The molecule has 0 spiro atoms. The predicted octanol–water partition coefficient (Wildman–Crippen LogP) is 5.52. The maximum absolute atomic E-state index is 13.2. The van der Waals surface area contributed by atoms with E-state index in [-0.39, 0.29) is 23.3 Å². The second-order valence-corrected chi connectivity index (χ2v) is 9.21. The van der Waals surface area contributed by atoms with Crippen LogP contribution in [0.4, 0.5) is 20.6 Å². The molecular formula is C25H32FN5O2. The lowest BCUT2D eigenvalue weighted by molar-refractivity contribution is 0.0927. The normalized spacial score (nSPS) is 21.6. The van der Waals surface area contributed by atoms with E-state index in [1.165, 1.54) is 63.4 Å². The number of hydrogen-bond acceptors (Lipinski definition) is 4. The van der Waals surface area contributed by atoms with Gasteiger partial charge in [0.2, 0.25) is 5.95 Å². The quantitative estimate of drug-likeness (QED) is 0.410. The van der Waals surface area contributed by atoms with Gasteiger partial charge in [-0.3, -0.25) is 9.78 Å². The zero-order valence-electron chi connectivity index (χ0n) is 18.9. The molecule has 2 heterocycles. The van der Waals surface area contributed by atoms with Crippen molar-refractivity contribution in [3.05, 3.63) is 48.3 Å². The van der Waals surface area contributed by atoms with Gasteiger partial charge in [-0.05, 0) is 49.3 Å². The molecule has 2 unspecified atom stereocenters. The Labute approximate surface area is 194 Å². The predicted molar refractivity (Wildman–Crippen MR) is 125 cm³/mol.